The molecule has 0 aromatic heterocycles. The van der Waals surface area contributed by atoms with Crippen LogP contribution >= 0.6 is 0 Å². The zero-order valence-corrected chi connectivity index (χ0v) is 12.4. The van der Waals surface area contributed by atoms with Gasteiger partial charge >= 0.3 is 0 Å². The average molecular weight is 313 g/mol. The fourth-order valence-corrected chi connectivity index (χ4v) is 2.12. The van der Waals surface area contributed by atoms with Gasteiger partial charge in [-0.1, -0.05) is 0 Å². The fourth-order valence-electron chi connectivity index (χ4n) is 2.12. The van der Waals surface area contributed by atoms with E-state index in [0.29, 0.717) is 6.54 Å². The molecule has 0 spiro atoms. The van der Waals surface area contributed by atoms with Crippen molar-refractivity contribution in [2.24, 2.45) is 16.6 Å². The number of fused-ring (bicyclic) bond motifs is 1. The Morgan fingerprint density at radius 2 is 1.82 bits per heavy atom. The molecule has 10 nitrogen and oxygen atoms in total. The second kappa shape index (κ2) is 7.76. The van der Waals surface area contributed by atoms with Gasteiger partial charge in [-0.25, -0.2) is 0 Å². The lowest BCUT2D eigenvalue weighted by atomic mass is 10.00. The number of nitrogens with zero attached hydrogens (tertiary/aromatic N) is 3. The van der Waals surface area contributed by atoms with Crippen LogP contribution in [-0.2, 0) is 13.0 Å². The number of guanidine groups is 1. The molecule has 0 amide bonds. The standard InChI is InChI=1S/C12H18N4O2.HNO3/c1-17-10-5-8-3-4-16(15-12(13)14)7-9(8)6-11(10)18-2;2-1(3)4/h5-6H,3-4,7H2,1-2H3,(H4,13,14,15);(H,2,3,4). The molecule has 0 radical (unpaired) electrons. The number of hydrazone groups is 1. The highest BCUT2D eigenvalue weighted by Crippen LogP contribution is 2.33. The minimum absolute atomic E-state index is 0.0823. The van der Waals surface area contributed by atoms with Crippen LogP contribution in [0.15, 0.2) is 17.2 Å². The molecule has 1 aliphatic heterocycles. The molecule has 0 saturated heterocycles. The smallest absolute Gasteiger partial charge is 0.291 e. The molecule has 0 bridgehead atoms. The molecule has 2 rings (SSSR count). The molecule has 5 N–H and O–H groups in total. The van der Waals surface area contributed by atoms with Crippen molar-refractivity contribution in [3.05, 3.63) is 33.4 Å². The summed E-state index contributed by atoms with van der Waals surface area (Å²) in [6.07, 6.45) is 0.881. The third-order valence-electron chi connectivity index (χ3n) is 2.95. The highest BCUT2D eigenvalue weighted by molar-refractivity contribution is 5.75. The van der Waals surface area contributed by atoms with Crippen molar-refractivity contribution in [3.63, 3.8) is 0 Å². The fraction of sp³-hybridized carbons (Fsp3) is 0.417. The Balaban J connectivity index is 0.000000541. The van der Waals surface area contributed by atoms with E-state index < -0.39 is 5.09 Å². The number of hydrogen-bond acceptors (Lipinski definition) is 6. The Kier molecular flexibility index (Phi) is 6.05. The Hall–Kier alpha value is -2.91. The molecule has 0 atom stereocenters. The zero-order valence-electron chi connectivity index (χ0n) is 12.4. The van der Waals surface area contributed by atoms with E-state index in [1.165, 1.54) is 5.56 Å². The van der Waals surface area contributed by atoms with Gasteiger partial charge in [0.2, 0.25) is 5.96 Å². The van der Waals surface area contributed by atoms with Crippen molar-refractivity contribution >= 4 is 5.96 Å². The Morgan fingerprint density at radius 3 is 2.27 bits per heavy atom. The van der Waals surface area contributed by atoms with Gasteiger partial charge in [-0.05, 0) is 29.7 Å². The largest absolute Gasteiger partial charge is 0.493 e. The summed E-state index contributed by atoms with van der Waals surface area (Å²) in [5.41, 5.74) is 13.2. The first-order chi connectivity index (χ1) is 10.4. The summed E-state index contributed by atoms with van der Waals surface area (Å²) in [5, 5.41) is 19.6. The van der Waals surface area contributed by atoms with Gasteiger partial charge in [0, 0.05) is 6.54 Å². The summed E-state index contributed by atoms with van der Waals surface area (Å²) >= 11 is 0. The van der Waals surface area contributed by atoms with E-state index >= 15 is 0 Å². The van der Waals surface area contributed by atoms with E-state index in [1.807, 2.05) is 17.1 Å². The summed E-state index contributed by atoms with van der Waals surface area (Å²) in [4.78, 5) is 8.36. The minimum atomic E-state index is -1.50. The SMILES string of the molecule is COc1cc2c(cc1OC)CN(N=C(N)N)CC2.O=[N+]([O-])O. The maximum absolute atomic E-state index is 8.36. The first-order valence-electron chi connectivity index (χ1n) is 6.29. The summed E-state index contributed by atoms with van der Waals surface area (Å²) in [6, 6.07) is 3.99. The molecule has 10 heteroatoms. The van der Waals surface area contributed by atoms with Crippen LogP contribution in [-0.4, -0.2) is 42.0 Å². The van der Waals surface area contributed by atoms with E-state index in [9.17, 15) is 0 Å². The third-order valence-corrected chi connectivity index (χ3v) is 2.95. The van der Waals surface area contributed by atoms with Gasteiger partial charge in [0.25, 0.3) is 5.09 Å². The molecule has 1 aromatic rings. The zero-order chi connectivity index (χ0) is 16.7. The quantitative estimate of drug-likeness (QED) is 0.303. The lowest BCUT2D eigenvalue weighted by Gasteiger charge is -2.27. The van der Waals surface area contributed by atoms with Crippen molar-refractivity contribution in [1.82, 2.24) is 5.01 Å². The molecule has 1 aliphatic rings. The number of rotatable bonds is 3. The van der Waals surface area contributed by atoms with Gasteiger partial charge < -0.3 is 26.1 Å². The number of methoxy groups -OCH3 is 2. The van der Waals surface area contributed by atoms with E-state index in [1.54, 1.807) is 14.2 Å². The predicted molar refractivity (Wildman–Crippen MR) is 78.3 cm³/mol. The number of ether oxygens (including phenoxy) is 2. The van der Waals surface area contributed by atoms with Crippen LogP contribution in [0.3, 0.4) is 0 Å². The number of benzene rings is 1. The molecule has 0 aliphatic carbocycles. The monoisotopic (exact) mass is 313 g/mol. The van der Waals surface area contributed by atoms with Gasteiger partial charge in [0.15, 0.2) is 11.5 Å². The van der Waals surface area contributed by atoms with Crippen molar-refractivity contribution in [3.8, 4) is 11.5 Å². The van der Waals surface area contributed by atoms with Crippen molar-refractivity contribution in [2.45, 2.75) is 13.0 Å². The summed E-state index contributed by atoms with van der Waals surface area (Å²) < 4.78 is 10.6. The molecule has 0 fully saturated rings. The topological polar surface area (TPSA) is 149 Å². The Labute approximate surface area is 127 Å². The second-order valence-corrected chi connectivity index (χ2v) is 4.38. The van der Waals surface area contributed by atoms with Crippen LogP contribution in [0.4, 0.5) is 0 Å². The normalized spacial score (nSPS) is 12.4. The van der Waals surface area contributed by atoms with E-state index in [-0.39, 0.29) is 5.96 Å². The van der Waals surface area contributed by atoms with Crippen LogP contribution < -0.4 is 20.9 Å². The van der Waals surface area contributed by atoms with Gasteiger partial charge in [-0.3, -0.25) is 5.01 Å². The van der Waals surface area contributed by atoms with Gasteiger partial charge in [-0.15, -0.1) is 15.2 Å². The highest BCUT2D eigenvalue weighted by atomic mass is 16.9. The predicted octanol–water partition coefficient (Wildman–Crippen LogP) is -0.0974. The molecular weight excluding hydrogens is 294 g/mol. The Morgan fingerprint density at radius 1 is 1.32 bits per heavy atom. The van der Waals surface area contributed by atoms with Crippen molar-refractivity contribution < 1.29 is 19.8 Å². The number of nitrogens with two attached hydrogens (primary N) is 2. The van der Waals surface area contributed by atoms with Crippen LogP contribution in [0.25, 0.3) is 0 Å². The van der Waals surface area contributed by atoms with Gasteiger partial charge in [0.05, 0.1) is 20.8 Å². The molecule has 0 unspecified atom stereocenters. The lowest BCUT2D eigenvalue weighted by Crippen LogP contribution is -2.32. The summed E-state index contributed by atoms with van der Waals surface area (Å²) in [7, 11) is 3.26. The Bertz CT molecular complexity index is 555. The molecule has 122 valence electrons. The van der Waals surface area contributed by atoms with Crippen molar-refractivity contribution in [1.29, 1.82) is 0 Å². The summed E-state index contributed by atoms with van der Waals surface area (Å²) in [6.45, 7) is 1.47. The second-order valence-electron chi connectivity index (χ2n) is 4.38. The molecule has 22 heavy (non-hydrogen) atoms. The molecular formula is C12H19N5O5. The van der Waals surface area contributed by atoms with E-state index in [0.717, 1.165) is 30.0 Å². The number of hydrogen-bond donors (Lipinski definition) is 3. The maximum Gasteiger partial charge on any atom is 0.291 e. The molecule has 1 aromatic carbocycles. The first kappa shape index (κ1) is 17.1. The van der Waals surface area contributed by atoms with Gasteiger partial charge in [-0.2, -0.15) is 0 Å². The minimum Gasteiger partial charge on any atom is -0.493 e. The van der Waals surface area contributed by atoms with Crippen LogP contribution in [0.2, 0.25) is 0 Å². The molecule has 0 saturated carbocycles. The van der Waals surface area contributed by atoms with Crippen LogP contribution in [0.5, 0.6) is 11.5 Å². The molecule has 1 heterocycles. The average Bonchev–Trinajstić information content (AvgIpc) is 2.44. The third kappa shape index (κ3) is 4.89. The lowest BCUT2D eigenvalue weighted by molar-refractivity contribution is -0.742. The summed E-state index contributed by atoms with van der Waals surface area (Å²) in [5.74, 6) is 1.56. The first-order valence-corrected chi connectivity index (χ1v) is 6.29. The van der Waals surface area contributed by atoms with Crippen molar-refractivity contribution in [2.75, 3.05) is 20.8 Å². The van der Waals surface area contributed by atoms with Crippen LogP contribution in [0, 0.1) is 10.1 Å². The van der Waals surface area contributed by atoms with E-state index in [4.69, 9.17) is 36.3 Å². The van der Waals surface area contributed by atoms with E-state index in [2.05, 4.69) is 5.10 Å². The van der Waals surface area contributed by atoms with Crippen LogP contribution in [0.1, 0.15) is 11.1 Å². The highest BCUT2D eigenvalue weighted by Gasteiger charge is 2.18. The van der Waals surface area contributed by atoms with Gasteiger partial charge in [0.1, 0.15) is 0 Å². The maximum atomic E-state index is 8.36.